The van der Waals surface area contributed by atoms with E-state index in [0.717, 1.165) is 33.0 Å². The van der Waals surface area contributed by atoms with Gasteiger partial charge in [0.2, 0.25) is 0 Å². The van der Waals surface area contributed by atoms with Crippen molar-refractivity contribution < 1.29 is 25.0 Å². The first-order valence-electron chi connectivity index (χ1n) is 13.5. The predicted octanol–water partition coefficient (Wildman–Crippen LogP) is 6.77. The first-order valence-corrected chi connectivity index (χ1v) is 13.5. The topological polar surface area (TPSA) is 152 Å². The van der Waals surface area contributed by atoms with E-state index in [4.69, 9.17) is 29.9 Å². The van der Waals surface area contributed by atoms with Gasteiger partial charge in [-0.25, -0.2) is 29.9 Å². The average Bonchev–Trinajstić information content (AvgIpc) is 3.76. The van der Waals surface area contributed by atoms with Crippen molar-refractivity contribution in [3.8, 4) is 45.6 Å². The zero-order chi connectivity index (χ0) is 28.7. The summed E-state index contributed by atoms with van der Waals surface area (Å²) < 4.78 is 0. The third kappa shape index (κ3) is 3.78. The molecule has 5 heterocycles. The second-order valence-corrected chi connectivity index (χ2v) is 10.2. The molecule has 12 heteroatoms. The number of nitro groups is 1. The molecule has 8 bridgehead atoms. The van der Waals surface area contributed by atoms with E-state index in [-0.39, 0.29) is 31.4 Å². The van der Waals surface area contributed by atoms with Gasteiger partial charge in [-0.3, -0.25) is 10.1 Å². The monoisotopic (exact) mass is 752 g/mol. The molecule has 0 saturated heterocycles. The van der Waals surface area contributed by atoms with Gasteiger partial charge in [-0.2, -0.15) is 0 Å². The van der Waals surface area contributed by atoms with E-state index in [0.29, 0.717) is 51.0 Å². The summed E-state index contributed by atoms with van der Waals surface area (Å²) in [5.74, 6) is 1.78. The molecule has 0 atom stereocenters. The molecule has 2 aliphatic rings. The van der Waals surface area contributed by atoms with Crippen LogP contribution in [-0.2, 0) is 20.1 Å². The van der Waals surface area contributed by atoms with Crippen LogP contribution in [0.4, 0.5) is 5.69 Å². The molecule has 0 fully saturated rings. The number of fused-ring (bicyclic) bond motifs is 20. The van der Waals surface area contributed by atoms with Crippen LogP contribution in [-0.4, -0.2) is 44.8 Å². The average molecular weight is 752 g/mol. The van der Waals surface area contributed by atoms with E-state index in [1.54, 1.807) is 12.1 Å². The Kier molecular flexibility index (Phi) is 5.70. The van der Waals surface area contributed by atoms with Crippen LogP contribution in [0.2, 0.25) is 0 Å². The summed E-state index contributed by atoms with van der Waals surface area (Å²) >= 11 is 0. The van der Waals surface area contributed by atoms with Crippen molar-refractivity contribution in [3.63, 3.8) is 0 Å². The van der Waals surface area contributed by atoms with Crippen LogP contribution in [0.3, 0.4) is 0 Å². The van der Waals surface area contributed by atoms with Crippen molar-refractivity contribution in [2.45, 2.75) is 0 Å². The first-order chi connectivity index (χ1) is 21.1. The molecule has 11 nitrogen and oxygen atoms in total. The molecule has 3 aromatic heterocycles. The van der Waals surface area contributed by atoms with Crippen LogP contribution in [0.1, 0.15) is 0 Å². The maximum atomic E-state index is 12.1. The minimum atomic E-state index is -0.417. The van der Waals surface area contributed by atoms with Crippen molar-refractivity contribution >= 4 is 49.8 Å². The number of hydrogen-bond donors (Lipinski definition) is 2. The largest absolute Gasteiger partial charge is 3.00 e. The Morgan fingerprint density at radius 2 is 0.864 bits per heavy atom. The molecule has 0 aliphatic carbocycles. The third-order valence-electron chi connectivity index (χ3n) is 7.75. The van der Waals surface area contributed by atoms with Gasteiger partial charge in [0.15, 0.2) is 23.3 Å². The Morgan fingerprint density at radius 3 is 1.34 bits per heavy atom. The summed E-state index contributed by atoms with van der Waals surface area (Å²) in [6.45, 7) is 0. The van der Waals surface area contributed by atoms with Crippen molar-refractivity contribution in [1.29, 1.82) is 0 Å². The van der Waals surface area contributed by atoms with Crippen LogP contribution in [0.15, 0.2) is 91.0 Å². The number of aromatic amines is 2. The Hall–Kier alpha value is -5.71. The Bertz CT molecular complexity index is 2520. The minimum Gasteiger partial charge on any atom is -0.324 e. The van der Waals surface area contributed by atoms with Gasteiger partial charge in [0, 0.05) is 44.5 Å². The number of aromatic nitrogens is 8. The van der Waals surface area contributed by atoms with Crippen LogP contribution in [0.5, 0.6) is 0 Å². The molecule has 2 N–H and O–H groups in total. The van der Waals surface area contributed by atoms with Gasteiger partial charge in [0.05, 0.1) is 4.92 Å². The van der Waals surface area contributed by atoms with Crippen LogP contribution >= 0.6 is 0 Å². The molecule has 7 aromatic rings. The summed E-state index contributed by atoms with van der Waals surface area (Å²) in [6.07, 6.45) is 0. The molecule has 4 aromatic carbocycles. The van der Waals surface area contributed by atoms with E-state index in [1.807, 2.05) is 72.8 Å². The number of H-pyrrole nitrogens is 2. The van der Waals surface area contributed by atoms with Gasteiger partial charge >= 0.3 is 20.1 Å². The fourth-order valence-electron chi connectivity index (χ4n) is 5.82. The van der Waals surface area contributed by atoms with Crippen LogP contribution in [0.25, 0.3) is 89.7 Å². The normalized spacial score (nSPS) is 11.6. The number of benzene rings is 4. The summed E-state index contributed by atoms with van der Waals surface area (Å²) in [6, 6.07) is 28.1. The number of nitrogens with one attached hydrogen (secondary N) is 2. The molecule has 0 unspecified atom stereocenters. The Morgan fingerprint density at radius 1 is 0.477 bits per heavy atom. The Balaban J connectivity index is 0.00000289. The van der Waals surface area contributed by atoms with Gasteiger partial charge in [0.25, 0.3) is 5.69 Å². The molecule has 0 radical (unpaired) electrons. The summed E-state index contributed by atoms with van der Waals surface area (Å²) in [5, 5.41) is 14.8. The van der Waals surface area contributed by atoms with E-state index in [1.165, 1.54) is 6.07 Å². The number of rotatable bonds is 1. The molecule has 9 rings (SSSR count). The molecular weight excluding hydrogens is 735 g/mol. The zero-order valence-electron chi connectivity index (χ0n) is 22.4. The van der Waals surface area contributed by atoms with Crippen molar-refractivity contribution in [2.24, 2.45) is 0 Å². The van der Waals surface area contributed by atoms with Crippen molar-refractivity contribution in [1.82, 2.24) is 39.9 Å². The molecule has 0 amide bonds. The van der Waals surface area contributed by atoms with Gasteiger partial charge in [-0.05, 0) is 0 Å². The maximum Gasteiger partial charge on any atom is 3.00 e. The first kappa shape index (κ1) is 26.0. The summed E-state index contributed by atoms with van der Waals surface area (Å²) in [7, 11) is 0. The maximum absolute atomic E-state index is 12.1. The zero-order valence-corrected chi connectivity index (χ0v) is 24.8. The van der Waals surface area contributed by atoms with E-state index in [9.17, 15) is 10.1 Å². The molecular formula is C32H17IrN9O2+3. The van der Waals surface area contributed by atoms with Gasteiger partial charge in [-0.15, -0.1) is 0 Å². The SMILES string of the molecule is O=[N+]([O-])c1cccc2c3nc4nc(nc5[nH]c(nc6nc(nc([nH]3)c12)-c1ccccc1-6)c1ccccc51)-c1ccccc1-4.[Ir+3]. The molecule has 2 aliphatic heterocycles. The van der Waals surface area contributed by atoms with Gasteiger partial charge < -0.3 is 9.97 Å². The van der Waals surface area contributed by atoms with Crippen molar-refractivity contribution in [2.75, 3.05) is 0 Å². The smallest absolute Gasteiger partial charge is 0.324 e. The number of nitrogens with zero attached hydrogens (tertiary/aromatic N) is 7. The molecule has 0 saturated carbocycles. The fourth-order valence-corrected chi connectivity index (χ4v) is 5.82. The second kappa shape index (κ2) is 9.66. The Labute approximate surface area is 260 Å². The van der Waals surface area contributed by atoms with Gasteiger partial charge in [0.1, 0.15) is 28.0 Å². The third-order valence-corrected chi connectivity index (χ3v) is 7.75. The number of hydrogen-bond acceptors (Lipinski definition) is 8. The van der Waals surface area contributed by atoms with Gasteiger partial charge in [-0.1, -0.05) is 84.9 Å². The fraction of sp³-hybridized carbons (Fsp3) is 0. The van der Waals surface area contributed by atoms with E-state index >= 15 is 0 Å². The van der Waals surface area contributed by atoms with Crippen LogP contribution < -0.4 is 0 Å². The quantitative estimate of drug-likeness (QED) is 0.138. The molecule has 0 spiro atoms. The molecule has 44 heavy (non-hydrogen) atoms. The second-order valence-electron chi connectivity index (χ2n) is 10.2. The summed E-state index contributed by atoms with van der Waals surface area (Å²) in [4.78, 5) is 47.7. The van der Waals surface area contributed by atoms with E-state index in [2.05, 4.69) is 9.97 Å². The molecule has 208 valence electrons. The minimum absolute atomic E-state index is 0. The number of nitro benzene ring substituents is 1. The van der Waals surface area contributed by atoms with Crippen molar-refractivity contribution in [3.05, 3.63) is 101 Å². The number of non-ortho nitro benzene ring substituents is 1. The standard InChI is InChI=1S/C32H17N9O2.Ir/c42-41(43)23-15-7-14-22-24(23)32-39-30-21-13-6-5-12-20(21)28(37-30)35-26-17-9-2-1-8-16(17)25(33-26)34-27-18-10-3-4-11-19(18)29(36-27)38-31(22)40-32;/h1-15H,(H2,33,34,35,36,37,38,39,40);/q;+3. The van der Waals surface area contributed by atoms with E-state index < -0.39 is 4.92 Å². The predicted molar refractivity (Wildman–Crippen MR) is 163 cm³/mol. The summed E-state index contributed by atoms with van der Waals surface area (Å²) in [5.41, 5.74) is 4.97. The van der Waals surface area contributed by atoms with Crippen LogP contribution in [0, 0.1) is 10.1 Å².